The average Bonchev–Trinajstić information content (AvgIpc) is 2.63. The van der Waals surface area contributed by atoms with Crippen LogP contribution < -0.4 is 11.3 Å². The van der Waals surface area contributed by atoms with Crippen LogP contribution in [0.2, 0.25) is 0 Å². The fraction of sp³-hybridized carbons (Fsp3) is 0.538. The lowest BCUT2D eigenvalue weighted by molar-refractivity contribution is 0.0755. The van der Waals surface area contributed by atoms with Gasteiger partial charge in [-0.25, -0.2) is 15.2 Å². The van der Waals surface area contributed by atoms with Crippen molar-refractivity contribution in [3.05, 3.63) is 23.6 Å². The lowest BCUT2D eigenvalue weighted by Crippen LogP contribution is -2.33. The second-order valence-electron chi connectivity index (χ2n) is 4.99. The van der Waals surface area contributed by atoms with Gasteiger partial charge in [0.25, 0.3) is 5.91 Å². The van der Waals surface area contributed by atoms with Gasteiger partial charge in [0.05, 0.1) is 5.56 Å². The number of nitrogens with one attached hydrogen (secondary N) is 1. The normalized spacial score (nSPS) is 19.9. The van der Waals surface area contributed by atoms with Crippen LogP contribution >= 0.6 is 0 Å². The Labute approximate surface area is 112 Å². The van der Waals surface area contributed by atoms with Crippen LogP contribution in [0.1, 0.15) is 36.5 Å². The molecular formula is C13H19FN4O. The Morgan fingerprint density at radius 3 is 3.05 bits per heavy atom. The van der Waals surface area contributed by atoms with Crippen molar-refractivity contribution in [2.75, 3.05) is 18.5 Å². The van der Waals surface area contributed by atoms with Gasteiger partial charge in [-0.05, 0) is 31.2 Å². The molecule has 1 unspecified atom stereocenters. The zero-order chi connectivity index (χ0) is 13.8. The molecule has 2 rings (SSSR count). The maximum atomic E-state index is 14.0. The molecule has 1 atom stereocenters. The van der Waals surface area contributed by atoms with Crippen molar-refractivity contribution in [3.8, 4) is 0 Å². The van der Waals surface area contributed by atoms with Crippen LogP contribution in [-0.2, 0) is 0 Å². The number of hydrazine groups is 1. The van der Waals surface area contributed by atoms with Gasteiger partial charge in [0.1, 0.15) is 0 Å². The molecule has 0 spiro atoms. The van der Waals surface area contributed by atoms with E-state index in [0.717, 1.165) is 19.3 Å². The van der Waals surface area contributed by atoms with Crippen LogP contribution in [0.15, 0.2) is 12.3 Å². The fourth-order valence-electron chi connectivity index (χ4n) is 2.35. The van der Waals surface area contributed by atoms with E-state index in [1.165, 1.54) is 12.3 Å². The zero-order valence-corrected chi connectivity index (χ0v) is 11.0. The lowest BCUT2D eigenvalue weighted by Gasteiger charge is -2.21. The first-order chi connectivity index (χ1) is 9.13. The molecule has 0 bridgehead atoms. The number of nitrogen functional groups attached to an aromatic ring is 1. The summed E-state index contributed by atoms with van der Waals surface area (Å²) in [7, 11) is 0. The van der Waals surface area contributed by atoms with Crippen LogP contribution in [0.5, 0.6) is 0 Å². The Morgan fingerprint density at radius 2 is 2.32 bits per heavy atom. The Hall–Kier alpha value is -1.69. The van der Waals surface area contributed by atoms with Crippen molar-refractivity contribution in [3.63, 3.8) is 0 Å². The number of amides is 1. The highest BCUT2D eigenvalue weighted by atomic mass is 19.1. The molecule has 0 radical (unpaired) electrons. The second kappa shape index (κ2) is 5.97. The van der Waals surface area contributed by atoms with Gasteiger partial charge in [-0.3, -0.25) is 4.79 Å². The van der Waals surface area contributed by atoms with Gasteiger partial charge in [-0.1, -0.05) is 6.92 Å². The molecule has 1 aliphatic heterocycles. The van der Waals surface area contributed by atoms with Crippen LogP contribution in [0.4, 0.5) is 10.2 Å². The molecule has 3 N–H and O–H groups in total. The van der Waals surface area contributed by atoms with E-state index in [-0.39, 0.29) is 17.3 Å². The summed E-state index contributed by atoms with van der Waals surface area (Å²) in [6.07, 6.45) is 4.41. The van der Waals surface area contributed by atoms with Crippen molar-refractivity contribution in [1.82, 2.24) is 9.88 Å². The van der Waals surface area contributed by atoms with E-state index < -0.39 is 5.82 Å². The summed E-state index contributed by atoms with van der Waals surface area (Å²) in [5.41, 5.74) is 2.18. The van der Waals surface area contributed by atoms with Gasteiger partial charge in [-0.2, -0.15) is 0 Å². The first kappa shape index (κ1) is 13.7. The zero-order valence-electron chi connectivity index (χ0n) is 11.0. The maximum absolute atomic E-state index is 14.0. The number of hydrogen-bond donors (Lipinski definition) is 2. The number of rotatable bonds is 2. The number of aromatic nitrogens is 1. The summed E-state index contributed by atoms with van der Waals surface area (Å²) >= 11 is 0. The predicted molar refractivity (Wildman–Crippen MR) is 70.9 cm³/mol. The van der Waals surface area contributed by atoms with Crippen molar-refractivity contribution >= 4 is 11.7 Å². The summed E-state index contributed by atoms with van der Waals surface area (Å²) < 4.78 is 14.0. The van der Waals surface area contributed by atoms with Crippen LogP contribution in [0.3, 0.4) is 0 Å². The standard InChI is InChI=1S/C13H19FN4O/c1-9-3-2-7-18(8-5-9)13(19)10-4-6-16-12(17-15)11(10)14/h4,6,9H,2-3,5,7-8,15H2,1H3,(H,16,17). The number of nitrogens with zero attached hydrogens (tertiary/aromatic N) is 2. The van der Waals surface area contributed by atoms with Crippen LogP contribution in [0.25, 0.3) is 0 Å². The van der Waals surface area contributed by atoms with Crippen molar-refractivity contribution in [2.24, 2.45) is 11.8 Å². The Kier molecular flexibility index (Phi) is 4.31. The van der Waals surface area contributed by atoms with E-state index in [2.05, 4.69) is 17.3 Å². The molecule has 1 amide bonds. The minimum absolute atomic E-state index is 0.0255. The minimum atomic E-state index is -0.688. The number of anilines is 1. The highest BCUT2D eigenvalue weighted by molar-refractivity contribution is 5.95. The molecule has 1 aliphatic rings. The number of carbonyl (C=O) groups is 1. The van der Waals surface area contributed by atoms with E-state index in [0.29, 0.717) is 19.0 Å². The lowest BCUT2D eigenvalue weighted by atomic mass is 10.0. The summed E-state index contributed by atoms with van der Waals surface area (Å²) in [4.78, 5) is 17.8. The van der Waals surface area contributed by atoms with Gasteiger partial charge in [0.15, 0.2) is 11.6 Å². The minimum Gasteiger partial charge on any atom is -0.339 e. The molecule has 0 aliphatic carbocycles. The van der Waals surface area contributed by atoms with E-state index in [9.17, 15) is 9.18 Å². The Balaban J connectivity index is 2.19. The van der Waals surface area contributed by atoms with Gasteiger partial charge in [0.2, 0.25) is 0 Å². The van der Waals surface area contributed by atoms with Crippen LogP contribution in [-0.4, -0.2) is 28.9 Å². The molecule has 5 nitrogen and oxygen atoms in total. The first-order valence-corrected chi connectivity index (χ1v) is 6.54. The third-order valence-corrected chi connectivity index (χ3v) is 3.56. The van der Waals surface area contributed by atoms with E-state index in [4.69, 9.17) is 5.84 Å². The molecule has 1 saturated heterocycles. The molecule has 104 valence electrons. The summed E-state index contributed by atoms with van der Waals surface area (Å²) in [5.74, 6) is 4.70. The quantitative estimate of drug-likeness (QED) is 0.632. The topological polar surface area (TPSA) is 71.2 Å². The van der Waals surface area contributed by atoms with Crippen molar-refractivity contribution in [2.45, 2.75) is 26.2 Å². The van der Waals surface area contributed by atoms with Crippen molar-refractivity contribution in [1.29, 1.82) is 0 Å². The number of carbonyl (C=O) groups excluding carboxylic acids is 1. The average molecular weight is 266 g/mol. The monoisotopic (exact) mass is 266 g/mol. The number of nitrogens with two attached hydrogens (primary N) is 1. The summed E-state index contributed by atoms with van der Waals surface area (Å²) in [6, 6.07) is 1.40. The maximum Gasteiger partial charge on any atom is 0.257 e. The van der Waals surface area contributed by atoms with Gasteiger partial charge in [0, 0.05) is 19.3 Å². The smallest absolute Gasteiger partial charge is 0.257 e. The fourth-order valence-corrected chi connectivity index (χ4v) is 2.35. The molecular weight excluding hydrogens is 247 g/mol. The largest absolute Gasteiger partial charge is 0.339 e. The highest BCUT2D eigenvalue weighted by Gasteiger charge is 2.23. The van der Waals surface area contributed by atoms with Gasteiger partial charge >= 0.3 is 0 Å². The third-order valence-electron chi connectivity index (χ3n) is 3.56. The number of pyridine rings is 1. The highest BCUT2D eigenvalue weighted by Crippen LogP contribution is 2.20. The molecule has 0 saturated carbocycles. The number of hydrogen-bond acceptors (Lipinski definition) is 4. The van der Waals surface area contributed by atoms with Crippen molar-refractivity contribution < 1.29 is 9.18 Å². The van der Waals surface area contributed by atoms with Gasteiger partial charge < -0.3 is 10.3 Å². The third kappa shape index (κ3) is 3.01. The SMILES string of the molecule is CC1CCCN(C(=O)c2ccnc(NN)c2F)CC1. The molecule has 0 aromatic carbocycles. The summed E-state index contributed by atoms with van der Waals surface area (Å²) in [6.45, 7) is 3.53. The number of likely N-dealkylation sites (tertiary alicyclic amines) is 1. The summed E-state index contributed by atoms with van der Waals surface area (Å²) in [5, 5.41) is 0. The van der Waals surface area contributed by atoms with E-state index >= 15 is 0 Å². The molecule has 1 aromatic heterocycles. The van der Waals surface area contributed by atoms with Crippen LogP contribution in [0, 0.1) is 11.7 Å². The van der Waals surface area contributed by atoms with Gasteiger partial charge in [-0.15, -0.1) is 0 Å². The Bertz CT molecular complexity index is 466. The predicted octanol–water partition coefficient (Wildman–Crippen LogP) is 1.77. The first-order valence-electron chi connectivity index (χ1n) is 6.54. The van der Waals surface area contributed by atoms with E-state index in [1.54, 1.807) is 4.90 Å². The second-order valence-corrected chi connectivity index (χ2v) is 4.99. The molecule has 2 heterocycles. The number of halogens is 1. The molecule has 6 heteroatoms. The molecule has 1 aromatic rings. The molecule has 1 fully saturated rings. The molecule has 19 heavy (non-hydrogen) atoms. The van der Waals surface area contributed by atoms with E-state index in [1.807, 2.05) is 0 Å². The Morgan fingerprint density at radius 1 is 1.53 bits per heavy atom.